The standard InChI is InChI=1S/C20H29NO3/c1-14-6-5-7-15(10-14)13-23-18-11-16-8-9-17(12-18)21(16)19(22)24-20(2,3)4/h5-7,10,16-18H,8-9,11-13H2,1-4H3/t16-,17+,18?. The zero-order chi connectivity index (χ0) is 17.3. The van der Waals surface area contributed by atoms with Crippen LogP contribution in [-0.4, -0.2) is 34.8 Å². The summed E-state index contributed by atoms with van der Waals surface area (Å²) in [7, 11) is 0. The number of rotatable bonds is 3. The van der Waals surface area contributed by atoms with Crippen LogP contribution in [0.3, 0.4) is 0 Å². The van der Waals surface area contributed by atoms with Gasteiger partial charge in [-0.25, -0.2) is 4.79 Å². The van der Waals surface area contributed by atoms with Gasteiger partial charge in [0.2, 0.25) is 0 Å². The van der Waals surface area contributed by atoms with E-state index in [0.29, 0.717) is 6.61 Å². The highest BCUT2D eigenvalue weighted by atomic mass is 16.6. The number of hydrogen-bond donors (Lipinski definition) is 0. The van der Waals surface area contributed by atoms with Gasteiger partial charge < -0.3 is 14.4 Å². The van der Waals surface area contributed by atoms with Crippen molar-refractivity contribution >= 4 is 6.09 Å². The Morgan fingerprint density at radius 3 is 2.46 bits per heavy atom. The van der Waals surface area contributed by atoms with E-state index in [9.17, 15) is 4.79 Å². The van der Waals surface area contributed by atoms with Crippen molar-refractivity contribution in [1.82, 2.24) is 4.90 Å². The Hall–Kier alpha value is -1.55. The number of hydrogen-bond acceptors (Lipinski definition) is 3. The number of benzene rings is 1. The number of piperidine rings is 1. The number of carbonyl (C=O) groups is 1. The highest BCUT2D eigenvalue weighted by Crippen LogP contribution is 2.38. The van der Waals surface area contributed by atoms with Gasteiger partial charge >= 0.3 is 6.09 Å². The van der Waals surface area contributed by atoms with Crippen molar-refractivity contribution in [3.8, 4) is 0 Å². The summed E-state index contributed by atoms with van der Waals surface area (Å²) in [6.45, 7) is 8.51. The molecule has 3 rings (SSSR count). The van der Waals surface area contributed by atoms with Crippen molar-refractivity contribution in [2.75, 3.05) is 0 Å². The van der Waals surface area contributed by atoms with Crippen molar-refractivity contribution < 1.29 is 14.3 Å². The number of aryl methyl sites for hydroxylation is 1. The van der Waals surface area contributed by atoms with E-state index >= 15 is 0 Å². The van der Waals surface area contributed by atoms with E-state index in [1.807, 2.05) is 25.7 Å². The molecule has 0 saturated carbocycles. The first-order chi connectivity index (χ1) is 11.3. The SMILES string of the molecule is Cc1cccc(COC2C[C@H]3CC[C@@H](C2)N3C(=O)OC(C)(C)C)c1. The van der Waals surface area contributed by atoms with Gasteiger partial charge in [0.05, 0.1) is 12.7 Å². The average Bonchev–Trinajstić information content (AvgIpc) is 2.75. The quantitative estimate of drug-likeness (QED) is 0.822. The van der Waals surface area contributed by atoms with Gasteiger partial charge in [-0.15, -0.1) is 0 Å². The molecule has 4 heteroatoms. The van der Waals surface area contributed by atoms with Gasteiger partial charge in [0.15, 0.2) is 0 Å². The first-order valence-electron chi connectivity index (χ1n) is 9.00. The zero-order valence-electron chi connectivity index (χ0n) is 15.2. The molecular formula is C20H29NO3. The molecule has 1 amide bonds. The summed E-state index contributed by atoms with van der Waals surface area (Å²) in [5.74, 6) is 0. The number of nitrogens with zero attached hydrogens (tertiary/aromatic N) is 1. The lowest BCUT2D eigenvalue weighted by atomic mass is 10.00. The Kier molecular flexibility index (Phi) is 4.86. The van der Waals surface area contributed by atoms with Crippen molar-refractivity contribution in [3.63, 3.8) is 0 Å². The number of ether oxygens (including phenoxy) is 2. The minimum atomic E-state index is -0.435. The molecule has 1 unspecified atom stereocenters. The zero-order valence-corrected chi connectivity index (χ0v) is 15.2. The van der Waals surface area contributed by atoms with E-state index in [-0.39, 0.29) is 24.3 Å². The van der Waals surface area contributed by atoms with Crippen molar-refractivity contribution in [1.29, 1.82) is 0 Å². The third-order valence-electron chi connectivity index (χ3n) is 4.86. The Balaban J connectivity index is 1.56. The van der Waals surface area contributed by atoms with Crippen LogP contribution >= 0.6 is 0 Å². The monoisotopic (exact) mass is 331 g/mol. The van der Waals surface area contributed by atoms with Gasteiger partial charge in [0, 0.05) is 12.1 Å². The molecule has 0 radical (unpaired) electrons. The van der Waals surface area contributed by atoms with Gasteiger partial charge in [-0.1, -0.05) is 29.8 Å². The lowest BCUT2D eigenvalue weighted by Crippen LogP contribution is -2.50. The molecule has 4 nitrogen and oxygen atoms in total. The fraction of sp³-hybridized carbons (Fsp3) is 0.650. The van der Waals surface area contributed by atoms with Crippen LogP contribution in [0.1, 0.15) is 57.6 Å². The minimum Gasteiger partial charge on any atom is -0.444 e. The molecule has 0 aromatic heterocycles. The van der Waals surface area contributed by atoms with E-state index in [0.717, 1.165) is 25.7 Å². The van der Waals surface area contributed by atoms with Gasteiger partial charge in [-0.2, -0.15) is 0 Å². The fourth-order valence-corrected chi connectivity index (χ4v) is 3.89. The van der Waals surface area contributed by atoms with Crippen LogP contribution in [-0.2, 0) is 16.1 Å². The number of amides is 1. The largest absolute Gasteiger partial charge is 0.444 e. The fourth-order valence-electron chi connectivity index (χ4n) is 3.89. The van der Waals surface area contributed by atoms with Crippen LogP contribution in [0, 0.1) is 6.92 Å². The van der Waals surface area contributed by atoms with Crippen molar-refractivity contribution in [2.45, 2.75) is 83.8 Å². The second-order valence-electron chi connectivity index (χ2n) is 8.17. The van der Waals surface area contributed by atoms with E-state index < -0.39 is 5.60 Å². The smallest absolute Gasteiger partial charge is 0.410 e. The van der Waals surface area contributed by atoms with Crippen LogP contribution in [0.4, 0.5) is 4.79 Å². The van der Waals surface area contributed by atoms with E-state index in [2.05, 4.69) is 31.2 Å². The summed E-state index contributed by atoms with van der Waals surface area (Å²) in [4.78, 5) is 14.4. The van der Waals surface area contributed by atoms with Gasteiger partial charge in [-0.05, 0) is 58.9 Å². The molecule has 1 aromatic carbocycles. The third kappa shape index (κ3) is 4.10. The maximum Gasteiger partial charge on any atom is 0.410 e. The second kappa shape index (κ2) is 6.75. The molecule has 2 bridgehead atoms. The van der Waals surface area contributed by atoms with Gasteiger partial charge in [0.1, 0.15) is 5.60 Å². The van der Waals surface area contributed by atoms with Crippen LogP contribution < -0.4 is 0 Å². The summed E-state index contributed by atoms with van der Waals surface area (Å²) >= 11 is 0. The molecule has 3 atom stereocenters. The highest BCUT2D eigenvalue weighted by Gasteiger charge is 2.45. The molecule has 0 aliphatic carbocycles. The number of carbonyl (C=O) groups excluding carboxylic acids is 1. The molecule has 2 aliphatic rings. The van der Waals surface area contributed by atoms with Gasteiger partial charge in [-0.3, -0.25) is 0 Å². The molecule has 2 heterocycles. The summed E-state index contributed by atoms with van der Waals surface area (Å²) in [5, 5.41) is 0. The van der Waals surface area contributed by atoms with Crippen LogP contribution in [0.15, 0.2) is 24.3 Å². The summed E-state index contributed by atoms with van der Waals surface area (Å²) in [6.07, 6.45) is 4.04. The molecule has 0 N–H and O–H groups in total. The molecule has 2 fully saturated rings. The predicted molar refractivity (Wildman–Crippen MR) is 93.9 cm³/mol. The van der Waals surface area contributed by atoms with Crippen LogP contribution in [0.25, 0.3) is 0 Å². The van der Waals surface area contributed by atoms with Crippen molar-refractivity contribution in [3.05, 3.63) is 35.4 Å². The maximum atomic E-state index is 12.5. The van der Waals surface area contributed by atoms with Crippen LogP contribution in [0.2, 0.25) is 0 Å². The normalized spacial score (nSPS) is 26.5. The Bertz CT molecular complexity index is 579. The molecular weight excluding hydrogens is 302 g/mol. The number of fused-ring (bicyclic) bond motifs is 2. The maximum absolute atomic E-state index is 12.5. The second-order valence-corrected chi connectivity index (χ2v) is 8.17. The summed E-state index contributed by atoms with van der Waals surface area (Å²) < 4.78 is 11.7. The average molecular weight is 331 g/mol. The lowest BCUT2D eigenvalue weighted by Gasteiger charge is -2.39. The van der Waals surface area contributed by atoms with Crippen LogP contribution in [0.5, 0.6) is 0 Å². The first-order valence-corrected chi connectivity index (χ1v) is 9.00. The summed E-state index contributed by atoms with van der Waals surface area (Å²) in [5.41, 5.74) is 2.04. The molecule has 0 spiro atoms. The minimum absolute atomic E-state index is 0.160. The lowest BCUT2D eigenvalue weighted by molar-refractivity contribution is -0.0396. The molecule has 132 valence electrons. The summed E-state index contributed by atoms with van der Waals surface area (Å²) in [6, 6.07) is 8.98. The Labute approximate surface area is 145 Å². The topological polar surface area (TPSA) is 38.8 Å². The Morgan fingerprint density at radius 1 is 1.21 bits per heavy atom. The Morgan fingerprint density at radius 2 is 1.88 bits per heavy atom. The molecule has 2 aliphatic heterocycles. The predicted octanol–water partition coefficient (Wildman–Crippen LogP) is 4.44. The van der Waals surface area contributed by atoms with E-state index in [4.69, 9.17) is 9.47 Å². The highest BCUT2D eigenvalue weighted by molar-refractivity contribution is 5.69. The van der Waals surface area contributed by atoms with Gasteiger partial charge in [0.25, 0.3) is 0 Å². The van der Waals surface area contributed by atoms with E-state index in [1.54, 1.807) is 0 Å². The first kappa shape index (κ1) is 17.3. The van der Waals surface area contributed by atoms with E-state index in [1.165, 1.54) is 11.1 Å². The molecule has 2 saturated heterocycles. The molecule has 24 heavy (non-hydrogen) atoms. The molecule has 1 aromatic rings. The third-order valence-corrected chi connectivity index (χ3v) is 4.86. The van der Waals surface area contributed by atoms with Crippen molar-refractivity contribution in [2.24, 2.45) is 0 Å².